The van der Waals surface area contributed by atoms with Crippen molar-refractivity contribution < 1.29 is 31.5 Å². The lowest BCUT2D eigenvalue weighted by Crippen LogP contribution is -2.41. The average molecular weight is 576 g/mol. The molecule has 3 rings (SSSR count). The Labute approximate surface area is 226 Å². The third kappa shape index (κ3) is 8.49. The second kappa shape index (κ2) is 11.2. The molecule has 0 bridgehead atoms. The molecule has 38 heavy (non-hydrogen) atoms. The van der Waals surface area contributed by atoms with E-state index >= 15 is 0 Å². The molecule has 0 atom stereocenters. The first-order chi connectivity index (χ1) is 17.3. The third-order valence-electron chi connectivity index (χ3n) is 6.02. The highest BCUT2D eigenvalue weighted by atomic mass is 32.2. The second-order valence-corrected chi connectivity index (χ2v) is 14.3. The van der Waals surface area contributed by atoms with Gasteiger partial charge in [-0.05, 0) is 64.7 Å². The van der Waals surface area contributed by atoms with Crippen LogP contribution in [-0.4, -0.2) is 35.6 Å². The zero-order valence-corrected chi connectivity index (χ0v) is 24.0. The van der Waals surface area contributed by atoms with Gasteiger partial charge in [0, 0.05) is 5.54 Å². The summed E-state index contributed by atoms with van der Waals surface area (Å²) in [6.07, 6.45) is 0.713. The highest BCUT2D eigenvalue weighted by molar-refractivity contribution is 7.89. The molecule has 1 aliphatic carbocycles. The number of sulfonamides is 1. The van der Waals surface area contributed by atoms with Crippen LogP contribution in [0.2, 0.25) is 0 Å². The van der Waals surface area contributed by atoms with E-state index in [1.54, 1.807) is 20.8 Å². The number of hydrogen-bond acceptors (Lipinski definition) is 6. The number of aromatic nitrogens is 1. The zero-order valence-electron chi connectivity index (χ0n) is 22.3. The van der Waals surface area contributed by atoms with E-state index in [9.17, 15) is 31.5 Å². The minimum atomic E-state index is -4.92. The predicted octanol–water partition coefficient (Wildman–Crippen LogP) is 6.13. The predicted molar refractivity (Wildman–Crippen MR) is 142 cm³/mol. The highest BCUT2D eigenvalue weighted by Crippen LogP contribution is 2.41. The van der Waals surface area contributed by atoms with Gasteiger partial charge in [-0.2, -0.15) is 13.2 Å². The Kier molecular flexibility index (Phi) is 9.02. The molecular formula is C26H36F3N3O4S2. The number of benzene rings is 1. The van der Waals surface area contributed by atoms with E-state index in [-0.39, 0.29) is 17.1 Å². The fraction of sp³-hybridized carbons (Fsp3) is 0.615. The van der Waals surface area contributed by atoms with Crippen LogP contribution < -0.4 is 10.0 Å². The topological polar surface area (TPSA) is 108 Å². The number of anilines is 1. The van der Waals surface area contributed by atoms with Crippen molar-refractivity contribution in [3.63, 3.8) is 0 Å². The quantitative estimate of drug-likeness (QED) is 0.351. The molecule has 2 aromatic rings. The van der Waals surface area contributed by atoms with E-state index < -0.39 is 43.7 Å². The maximum atomic E-state index is 14.1. The Morgan fingerprint density at radius 2 is 1.74 bits per heavy atom. The number of thiazole rings is 1. The fourth-order valence-corrected chi connectivity index (χ4v) is 7.21. The number of amides is 1. The Hall–Kier alpha value is -2.02. The summed E-state index contributed by atoms with van der Waals surface area (Å²) < 4.78 is 70.4. The molecule has 1 saturated carbocycles. The SMILES string of the molecule is CC(C)(O)CC(=O)Nc1nc(CC2CCCCC2)c(-c2ccc(S(=O)(=O)NC(C)(C)C)c(C(F)(F)F)c2)s1. The van der Waals surface area contributed by atoms with E-state index in [0.717, 1.165) is 55.6 Å². The van der Waals surface area contributed by atoms with Crippen LogP contribution in [0, 0.1) is 5.92 Å². The van der Waals surface area contributed by atoms with Gasteiger partial charge < -0.3 is 10.4 Å². The van der Waals surface area contributed by atoms with Crippen molar-refractivity contribution >= 4 is 32.4 Å². The van der Waals surface area contributed by atoms with Gasteiger partial charge in [-0.15, -0.1) is 0 Å². The molecule has 0 saturated heterocycles. The Morgan fingerprint density at radius 1 is 1.11 bits per heavy atom. The van der Waals surface area contributed by atoms with E-state index in [2.05, 4.69) is 15.0 Å². The molecule has 1 aromatic carbocycles. The first kappa shape index (κ1) is 30.5. The van der Waals surface area contributed by atoms with Crippen molar-refractivity contribution in [1.29, 1.82) is 0 Å². The van der Waals surface area contributed by atoms with E-state index in [4.69, 9.17) is 0 Å². The molecule has 1 aliphatic rings. The first-order valence-corrected chi connectivity index (χ1v) is 14.9. The van der Waals surface area contributed by atoms with Crippen molar-refractivity contribution in [2.24, 2.45) is 5.92 Å². The normalized spacial score (nSPS) is 16.0. The number of aliphatic hydroxyl groups is 1. The maximum Gasteiger partial charge on any atom is 0.417 e. The summed E-state index contributed by atoms with van der Waals surface area (Å²) in [7, 11) is -4.45. The third-order valence-corrected chi connectivity index (χ3v) is 8.90. The van der Waals surface area contributed by atoms with Gasteiger partial charge in [0.15, 0.2) is 5.13 Å². The van der Waals surface area contributed by atoms with Gasteiger partial charge in [0.25, 0.3) is 0 Å². The summed E-state index contributed by atoms with van der Waals surface area (Å²) in [5.74, 6) is -0.144. The Balaban J connectivity index is 2.07. The summed E-state index contributed by atoms with van der Waals surface area (Å²) in [6.45, 7) is 7.65. The summed E-state index contributed by atoms with van der Waals surface area (Å²) >= 11 is 1.04. The van der Waals surface area contributed by atoms with Gasteiger partial charge >= 0.3 is 6.18 Å². The largest absolute Gasteiger partial charge is 0.417 e. The van der Waals surface area contributed by atoms with Crippen molar-refractivity contribution in [3.05, 3.63) is 29.5 Å². The Bertz CT molecular complexity index is 1250. The van der Waals surface area contributed by atoms with Crippen LogP contribution in [0.5, 0.6) is 0 Å². The molecule has 12 heteroatoms. The highest BCUT2D eigenvalue weighted by Gasteiger charge is 2.39. The van der Waals surface area contributed by atoms with Crippen molar-refractivity contribution in [1.82, 2.24) is 9.71 Å². The van der Waals surface area contributed by atoms with Crippen LogP contribution in [0.25, 0.3) is 10.4 Å². The monoisotopic (exact) mass is 575 g/mol. The summed E-state index contributed by atoms with van der Waals surface area (Å²) in [5, 5.41) is 12.8. The van der Waals surface area contributed by atoms with Gasteiger partial charge in [0.1, 0.15) is 0 Å². The molecule has 212 valence electrons. The van der Waals surface area contributed by atoms with Crippen LogP contribution in [0.3, 0.4) is 0 Å². The molecule has 3 N–H and O–H groups in total. The molecule has 1 heterocycles. The van der Waals surface area contributed by atoms with Gasteiger partial charge in [-0.25, -0.2) is 18.1 Å². The lowest BCUT2D eigenvalue weighted by molar-refractivity contribution is -0.139. The van der Waals surface area contributed by atoms with Crippen LogP contribution in [0.4, 0.5) is 18.3 Å². The fourth-order valence-electron chi connectivity index (χ4n) is 4.58. The lowest BCUT2D eigenvalue weighted by Gasteiger charge is -2.23. The second-order valence-electron chi connectivity index (χ2n) is 11.6. The number of carbonyl (C=O) groups is 1. The van der Waals surface area contributed by atoms with Gasteiger partial charge in [-0.1, -0.05) is 49.5 Å². The number of halogens is 3. The minimum absolute atomic E-state index is 0.175. The summed E-state index contributed by atoms with van der Waals surface area (Å²) in [6, 6.07) is 3.17. The first-order valence-electron chi connectivity index (χ1n) is 12.6. The molecule has 0 unspecified atom stereocenters. The number of rotatable bonds is 8. The molecule has 1 aromatic heterocycles. The van der Waals surface area contributed by atoms with Crippen LogP contribution in [0.1, 0.15) is 84.4 Å². The average Bonchev–Trinajstić information content (AvgIpc) is 3.12. The maximum absolute atomic E-state index is 14.1. The molecule has 0 spiro atoms. The smallest absolute Gasteiger partial charge is 0.390 e. The molecular weight excluding hydrogens is 539 g/mol. The number of nitrogens with one attached hydrogen (secondary N) is 2. The number of hydrogen-bond donors (Lipinski definition) is 3. The molecule has 1 amide bonds. The summed E-state index contributed by atoms with van der Waals surface area (Å²) in [5.41, 5.74) is -2.73. The molecule has 0 aliphatic heterocycles. The van der Waals surface area contributed by atoms with Gasteiger partial charge in [0.05, 0.1) is 33.1 Å². The van der Waals surface area contributed by atoms with Crippen LogP contribution >= 0.6 is 11.3 Å². The van der Waals surface area contributed by atoms with Crippen molar-refractivity contribution in [2.45, 2.75) is 102 Å². The van der Waals surface area contributed by atoms with Gasteiger partial charge in [0.2, 0.25) is 15.9 Å². The number of alkyl halides is 3. The zero-order chi connectivity index (χ0) is 28.5. The van der Waals surface area contributed by atoms with E-state index in [1.165, 1.54) is 19.9 Å². The van der Waals surface area contributed by atoms with Gasteiger partial charge in [-0.3, -0.25) is 4.79 Å². The molecule has 7 nitrogen and oxygen atoms in total. The van der Waals surface area contributed by atoms with Crippen LogP contribution in [0.15, 0.2) is 23.1 Å². The minimum Gasteiger partial charge on any atom is -0.390 e. The number of nitrogens with zero attached hydrogens (tertiary/aromatic N) is 1. The van der Waals surface area contributed by atoms with Crippen molar-refractivity contribution in [3.8, 4) is 10.4 Å². The van der Waals surface area contributed by atoms with E-state index in [0.29, 0.717) is 22.9 Å². The standard InChI is InChI=1S/C26H36F3N3O4S2/c1-24(2,3)32-38(35,36)20-12-11-17(14-18(20)26(27,28)29)22-19(13-16-9-7-6-8-10-16)30-23(37-22)31-21(33)15-25(4,5)34/h11-12,14,16,32,34H,6-10,13,15H2,1-5H3,(H,30,31,33). The molecule has 1 fully saturated rings. The van der Waals surface area contributed by atoms with E-state index in [1.807, 2.05) is 0 Å². The lowest BCUT2D eigenvalue weighted by atomic mass is 9.85. The molecule has 0 radical (unpaired) electrons. The number of carbonyl (C=O) groups excluding carboxylic acids is 1. The summed E-state index contributed by atoms with van der Waals surface area (Å²) in [4.78, 5) is 16.6. The van der Waals surface area contributed by atoms with Crippen LogP contribution in [-0.2, 0) is 27.4 Å². The van der Waals surface area contributed by atoms with Crippen molar-refractivity contribution in [2.75, 3.05) is 5.32 Å². The Morgan fingerprint density at radius 3 is 2.29 bits per heavy atom.